The Hall–Kier alpha value is -1.89. The maximum Gasteiger partial charge on any atom is 0.253 e. The highest BCUT2D eigenvalue weighted by Gasteiger charge is 2.25. The maximum absolute atomic E-state index is 12.9. The van der Waals surface area contributed by atoms with Crippen LogP contribution in [0.3, 0.4) is 0 Å². The molecule has 4 nitrogen and oxygen atoms in total. The number of amides is 1. The van der Waals surface area contributed by atoms with Crippen molar-refractivity contribution in [2.75, 3.05) is 27.2 Å². The van der Waals surface area contributed by atoms with Crippen molar-refractivity contribution >= 4 is 39.2 Å². The highest BCUT2D eigenvalue weighted by Crippen LogP contribution is 2.31. The molecule has 6 heteroatoms. The fourth-order valence-corrected chi connectivity index (χ4v) is 5.57. The number of para-hydroxylation sites is 1. The summed E-state index contributed by atoms with van der Waals surface area (Å²) >= 11 is 3.48. The average Bonchev–Trinajstić information content (AvgIpc) is 3.15. The Balaban J connectivity index is 1.37. The SMILES string of the molecule is CN(C)C1CCCN(C(=O)c2ccc(CSc3nc4ccccc4s3)cc2)C1. The van der Waals surface area contributed by atoms with Crippen LogP contribution in [-0.4, -0.2) is 53.9 Å². The van der Waals surface area contributed by atoms with Crippen LogP contribution in [0.1, 0.15) is 28.8 Å². The second-order valence-electron chi connectivity index (χ2n) is 7.44. The molecule has 1 fully saturated rings. The quantitative estimate of drug-likeness (QED) is 0.568. The van der Waals surface area contributed by atoms with Gasteiger partial charge in [0.05, 0.1) is 10.2 Å². The average molecular weight is 412 g/mol. The first-order valence-corrected chi connectivity index (χ1v) is 11.4. The predicted octanol–water partition coefficient (Wildman–Crippen LogP) is 4.75. The number of carbonyl (C=O) groups excluding carboxylic acids is 1. The summed E-state index contributed by atoms with van der Waals surface area (Å²) in [7, 11) is 4.19. The molecular formula is C22H25N3OS2. The molecule has 1 aromatic heterocycles. The number of likely N-dealkylation sites (tertiary alicyclic amines) is 1. The van der Waals surface area contributed by atoms with E-state index in [4.69, 9.17) is 0 Å². The first-order chi connectivity index (χ1) is 13.6. The zero-order valence-corrected chi connectivity index (χ0v) is 17.9. The first kappa shape index (κ1) is 19.4. The molecule has 3 aromatic rings. The molecule has 0 aliphatic carbocycles. The Bertz CT molecular complexity index is 919. The molecule has 0 spiro atoms. The van der Waals surface area contributed by atoms with E-state index < -0.39 is 0 Å². The van der Waals surface area contributed by atoms with Crippen LogP contribution in [0.25, 0.3) is 10.2 Å². The molecule has 2 aromatic carbocycles. The van der Waals surface area contributed by atoms with Crippen molar-refractivity contribution in [3.05, 3.63) is 59.7 Å². The Kier molecular flexibility index (Phi) is 5.99. The minimum absolute atomic E-state index is 0.150. The van der Waals surface area contributed by atoms with Crippen LogP contribution in [0, 0.1) is 0 Å². The summed E-state index contributed by atoms with van der Waals surface area (Å²) in [6, 6.07) is 16.8. The van der Waals surface area contributed by atoms with Gasteiger partial charge in [-0.05, 0) is 56.8 Å². The molecule has 0 saturated carbocycles. The molecule has 1 amide bonds. The number of hydrogen-bond donors (Lipinski definition) is 0. The standard InChI is InChI=1S/C22H25N3OS2/c1-24(2)18-6-5-13-25(14-18)21(26)17-11-9-16(10-12-17)15-27-22-23-19-7-3-4-8-20(19)28-22/h3-4,7-12,18H,5-6,13-15H2,1-2H3. The van der Waals surface area contributed by atoms with Crippen LogP contribution in [0.4, 0.5) is 0 Å². The number of carbonyl (C=O) groups is 1. The summed E-state index contributed by atoms with van der Waals surface area (Å²) in [5, 5.41) is 0. The number of aromatic nitrogens is 1. The maximum atomic E-state index is 12.9. The molecule has 0 N–H and O–H groups in total. The second-order valence-corrected chi connectivity index (χ2v) is 9.70. The summed E-state index contributed by atoms with van der Waals surface area (Å²) in [5.41, 5.74) is 3.06. The van der Waals surface area contributed by atoms with Crippen molar-refractivity contribution in [2.24, 2.45) is 0 Å². The van der Waals surface area contributed by atoms with E-state index in [1.165, 1.54) is 16.7 Å². The lowest BCUT2D eigenvalue weighted by molar-refractivity contribution is 0.0635. The monoisotopic (exact) mass is 411 g/mol. The topological polar surface area (TPSA) is 36.4 Å². The van der Waals surface area contributed by atoms with Gasteiger partial charge in [-0.25, -0.2) is 4.98 Å². The highest BCUT2D eigenvalue weighted by molar-refractivity contribution is 8.00. The fourth-order valence-electron chi connectivity index (χ4n) is 3.54. The number of piperidine rings is 1. The number of thioether (sulfide) groups is 1. The Labute approximate surface area is 174 Å². The lowest BCUT2D eigenvalue weighted by Crippen LogP contribution is -2.47. The molecule has 0 bridgehead atoms. The van der Waals surface area contributed by atoms with Gasteiger partial charge in [0, 0.05) is 30.4 Å². The van der Waals surface area contributed by atoms with Gasteiger partial charge in [-0.2, -0.15) is 0 Å². The van der Waals surface area contributed by atoms with Gasteiger partial charge >= 0.3 is 0 Å². The van der Waals surface area contributed by atoms with Crippen LogP contribution in [0.2, 0.25) is 0 Å². The number of nitrogens with zero attached hydrogens (tertiary/aromatic N) is 3. The third kappa shape index (κ3) is 4.40. The number of fused-ring (bicyclic) bond motifs is 1. The summed E-state index contributed by atoms with van der Waals surface area (Å²) in [4.78, 5) is 21.7. The zero-order chi connectivity index (χ0) is 19.5. The number of likely N-dealkylation sites (N-methyl/N-ethyl adjacent to an activating group) is 1. The molecule has 2 heterocycles. The van der Waals surface area contributed by atoms with Gasteiger partial charge in [0.15, 0.2) is 4.34 Å². The fraction of sp³-hybridized carbons (Fsp3) is 0.364. The van der Waals surface area contributed by atoms with E-state index in [1.807, 2.05) is 29.2 Å². The van der Waals surface area contributed by atoms with Gasteiger partial charge in [-0.3, -0.25) is 4.79 Å². The van der Waals surface area contributed by atoms with E-state index in [9.17, 15) is 4.79 Å². The van der Waals surface area contributed by atoms with Crippen LogP contribution >= 0.6 is 23.1 Å². The highest BCUT2D eigenvalue weighted by atomic mass is 32.2. The molecule has 1 aliphatic rings. The van der Waals surface area contributed by atoms with Crippen molar-refractivity contribution in [1.29, 1.82) is 0 Å². The van der Waals surface area contributed by atoms with E-state index in [-0.39, 0.29) is 5.91 Å². The molecule has 146 valence electrons. The van der Waals surface area contributed by atoms with Gasteiger partial charge < -0.3 is 9.80 Å². The van der Waals surface area contributed by atoms with Gasteiger partial charge in [0.1, 0.15) is 0 Å². The molecule has 0 radical (unpaired) electrons. The Morgan fingerprint density at radius 1 is 1.21 bits per heavy atom. The van der Waals surface area contributed by atoms with E-state index in [0.29, 0.717) is 6.04 Å². The third-order valence-electron chi connectivity index (χ3n) is 5.25. The third-order valence-corrected chi connectivity index (χ3v) is 7.50. The van der Waals surface area contributed by atoms with E-state index in [0.717, 1.165) is 40.7 Å². The molecule has 28 heavy (non-hydrogen) atoms. The molecule has 4 rings (SSSR count). The lowest BCUT2D eigenvalue weighted by Gasteiger charge is -2.36. The number of benzene rings is 2. The van der Waals surface area contributed by atoms with Gasteiger partial charge in [0.2, 0.25) is 0 Å². The van der Waals surface area contributed by atoms with Crippen LogP contribution < -0.4 is 0 Å². The Morgan fingerprint density at radius 2 is 2.00 bits per heavy atom. The largest absolute Gasteiger partial charge is 0.337 e. The number of thiazole rings is 1. The summed E-state index contributed by atoms with van der Waals surface area (Å²) in [6.45, 7) is 1.68. The lowest BCUT2D eigenvalue weighted by atomic mass is 10.0. The smallest absolute Gasteiger partial charge is 0.253 e. The minimum Gasteiger partial charge on any atom is -0.337 e. The van der Waals surface area contributed by atoms with Gasteiger partial charge in [-0.1, -0.05) is 36.0 Å². The Morgan fingerprint density at radius 3 is 2.75 bits per heavy atom. The summed E-state index contributed by atoms with van der Waals surface area (Å²) in [5.74, 6) is 1.01. The summed E-state index contributed by atoms with van der Waals surface area (Å²) < 4.78 is 2.31. The summed E-state index contributed by atoms with van der Waals surface area (Å²) in [6.07, 6.45) is 2.24. The second kappa shape index (κ2) is 8.64. The van der Waals surface area contributed by atoms with Gasteiger partial charge in [-0.15, -0.1) is 11.3 Å². The molecule has 1 aliphatic heterocycles. The first-order valence-electron chi connectivity index (χ1n) is 9.63. The van der Waals surface area contributed by atoms with Crippen molar-refractivity contribution in [3.63, 3.8) is 0 Å². The van der Waals surface area contributed by atoms with E-state index in [1.54, 1.807) is 23.1 Å². The molecule has 1 unspecified atom stereocenters. The van der Waals surface area contributed by atoms with Crippen molar-refractivity contribution in [3.8, 4) is 0 Å². The number of hydrogen-bond acceptors (Lipinski definition) is 5. The zero-order valence-electron chi connectivity index (χ0n) is 16.3. The molecule has 1 atom stereocenters. The van der Waals surface area contributed by atoms with E-state index >= 15 is 0 Å². The van der Waals surface area contributed by atoms with Crippen molar-refractivity contribution in [2.45, 2.75) is 29.0 Å². The van der Waals surface area contributed by atoms with Gasteiger partial charge in [0.25, 0.3) is 5.91 Å². The van der Waals surface area contributed by atoms with E-state index in [2.05, 4.69) is 48.2 Å². The molecular weight excluding hydrogens is 386 g/mol. The number of rotatable bonds is 5. The molecule has 1 saturated heterocycles. The van der Waals surface area contributed by atoms with Crippen LogP contribution in [0.5, 0.6) is 0 Å². The normalized spacial score (nSPS) is 17.4. The van der Waals surface area contributed by atoms with Crippen molar-refractivity contribution in [1.82, 2.24) is 14.8 Å². The van der Waals surface area contributed by atoms with Crippen molar-refractivity contribution < 1.29 is 4.79 Å². The predicted molar refractivity (Wildman–Crippen MR) is 118 cm³/mol. The van der Waals surface area contributed by atoms with Crippen LogP contribution in [0.15, 0.2) is 52.9 Å². The van der Waals surface area contributed by atoms with Crippen LogP contribution in [-0.2, 0) is 5.75 Å². The minimum atomic E-state index is 0.150.